The number of hydrogen-bond donors (Lipinski definition) is 0. The van der Waals surface area contributed by atoms with E-state index in [9.17, 15) is 4.79 Å². The number of carbonyl (C=O) groups is 1. The summed E-state index contributed by atoms with van der Waals surface area (Å²) in [4.78, 5) is 20.5. The number of anilines is 1. The van der Waals surface area contributed by atoms with Crippen molar-refractivity contribution in [1.82, 2.24) is 9.88 Å². The summed E-state index contributed by atoms with van der Waals surface area (Å²) in [6, 6.07) is 4.12. The second-order valence-corrected chi connectivity index (χ2v) is 5.10. The number of pyridine rings is 1. The van der Waals surface area contributed by atoms with Crippen molar-refractivity contribution in [3.05, 3.63) is 23.9 Å². The van der Waals surface area contributed by atoms with E-state index in [-0.39, 0.29) is 5.78 Å². The smallest absolute Gasteiger partial charge is 0.163 e. The molecule has 0 aliphatic carbocycles. The lowest BCUT2D eigenvalue weighted by Crippen LogP contribution is -2.45. The van der Waals surface area contributed by atoms with Gasteiger partial charge in [0.1, 0.15) is 5.82 Å². The van der Waals surface area contributed by atoms with Crippen molar-refractivity contribution in [2.75, 3.05) is 32.1 Å². The third kappa shape index (κ3) is 2.70. The summed E-state index contributed by atoms with van der Waals surface area (Å²) in [5.41, 5.74) is 0.716. The molecule has 2 heterocycles. The first-order chi connectivity index (χ1) is 8.59. The highest BCUT2D eigenvalue weighted by Gasteiger charge is 2.24. The Balaban J connectivity index is 2.22. The van der Waals surface area contributed by atoms with Crippen LogP contribution in [-0.4, -0.2) is 48.9 Å². The van der Waals surface area contributed by atoms with E-state index in [4.69, 9.17) is 0 Å². The van der Waals surface area contributed by atoms with Crippen molar-refractivity contribution < 1.29 is 4.79 Å². The number of rotatable bonds is 3. The molecule has 0 spiro atoms. The van der Waals surface area contributed by atoms with E-state index in [1.165, 1.54) is 6.42 Å². The molecule has 0 amide bonds. The minimum absolute atomic E-state index is 0.0779. The summed E-state index contributed by atoms with van der Waals surface area (Å²) < 4.78 is 0. The molecule has 1 unspecified atom stereocenters. The molecule has 1 aliphatic heterocycles. The molecule has 0 saturated carbocycles. The molecule has 1 aromatic rings. The number of piperidine rings is 1. The van der Waals surface area contributed by atoms with Crippen LogP contribution in [0.3, 0.4) is 0 Å². The van der Waals surface area contributed by atoms with Crippen molar-refractivity contribution in [3.8, 4) is 0 Å². The molecule has 4 nitrogen and oxygen atoms in total. The highest BCUT2D eigenvalue weighted by Crippen LogP contribution is 2.22. The van der Waals surface area contributed by atoms with Crippen molar-refractivity contribution in [2.24, 2.45) is 0 Å². The monoisotopic (exact) mass is 247 g/mol. The number of ketones is 1. The Morgan fingerprint density at radius 1 is 1.56 bits per heavy atom. The molecule has 0 radical (unpaired) electrons. The minimum Gasteiger partial charge on any atom is -0.355 e. The van der Waals surface area contributed by atoms with E-state index in [1.54, 1.807) is 13.1 Å². The van der Waals surface area contributed by atoms with Crippen LogP contribution in [0, 0.1) is 0 Å². The van der Waals surface area contributed by atoms with E-state index in [2.05, 4.69) is 21.8 Å². The lowest BCUT2D eigenvalue weighted by molar-refractivity contribution is 0.101. The van der Waals surface area contributed by atoms with Gasteiger partial charge in [-0.2, -0.15) is 0 Å². The van der Waals surface area contributed by atoms with E-state index in [0.29, 0.717) is 11.6 Å². The van der Waals surface area contributed by atoms with E-state index in [1.807, 2.05) is 19.2 Å². The Labute approximate surface area is 109 Å². The van der Waals surface area contributed by atoms with Gasteiger partial charge in [0.2, 0.25) is 0 Å². The molecule has 1 aliphatic rings. The van der Waals surface area contributed by atoms with Gasteiger partial charge < -0.3 is 9.80 Å². The summed E-state index contributed by atoms with van der Waals surface area (Å²) in [6.07, 6.45) is 4.12. The zero-order chi connectivity index (χ0) is 13.1. The number of likely N-dealkylation sites (tertiary alicyclic amines) is 1. The number of Topliss-reactive ketones (excluding diaryl/α,β-unsaturated/α-hetero) is 1. The quantitative estimate of drug-likeness (QED) is 0.763. The average Bonchev–Trinajstić information content (AvgIpc) is 2.38. The minimum atomic E-state index is 0.0779. The molecular formula is C14H21N3O. The summed E-state index contributed by atoms with van der Waals surface area (Å²) in [6.45, 7) is 3.79. The van der Waals surface area contributed by atoms with Crippen LogP contribution in [-0.2, 0) is 0 Å². The molecular weight excluding hydrogens is 226 g/mol. The van der Waals surface area contributed by atoms with Crippen molar-refractivity contribution in [1.29, 1.82) is 0 Å². The van der Waals surface area contributed by atoms with Crippen LogP contribution in [0.2, 0.25) is 0 Å². The first-order valence-corrected chi connectivity index (χ1v) is 6.47. The molecule has 98 valence electrons. The van der Waals surface area contributed by atoms with Gasteiger partial charge in [-0.05, 0) is 45.5 Å². The second kappa shape index (κ2) is 5.48. The molecule has 1 saturated heterocycles. The fraction of sp³-hybridized carbons (Fsp3) is 0.571. The van der Waals surface area contributed by atoms with Crippen LogP contribution in [0.1, 0.15) is 30.1 Å². The predicted molar refractivity (Wildman–Crippen MR) is 73.2 cm³/mol. The molecule has 0 N–H and O–H groups in total. The van der Waals surface area contributed by atoms with Crippen LogP contribution < -0.4 is 4.90 Å². The maximum atomic E-state index is 11.6. The van der Waals surface area contributed by atoms with Gasteiger partial charge in [0.15, 0.2) is 5.78 Å². The number of likely N-dealkylation sites (N-methyl/N-ethyl adjacent to an activating group) is 2. The van der Waals surface area contributed by atoms with Crippen molar-refractivity contribution in [2.45, 2.75) is 25.8 Å². The Hall–Kier alpha value is -1.42. The van der Waals surface area contributed by atoms with Gasteiger partial charge in [-0.1, -0.05) is 0 Å². The van der Waals surface area contributed by atoms with Crippen molar-refractivity contribution in [3.63, 3.8) is 0 Å². The lowest BCUT2D eigenvalue weighted by Gasteiger charge is -2.37. The second-order valence-electron chi connectivity index (χ2n) is 5.10. The summed E-state index contributed by atoms with van der Waals surface area (Å²) in [7, 11) is 4.18. The first-order valence-electron chi connectivity index (χ1n) is 6.47. The van der Waals surface area contributed by atoms with Gasteiger partial charge in [-0.25, -0.2) is 4.98 Å². The van der Waals surface area contributed by atoms with Gasteiger partial charge in [-0.3, -0.25) is 4.79 Å². The van der Waals surface area contributed by atoms with Crippen LogP contribution in [0.4, 0.5) is 5.82 Å². The van der Waals surface area contributed by atoms with Gasteiger partial charge >= 0.3 is 0 Å². The molecule has 4 heteroatoms. The molecule has 1 aromatic heterocycles. The number of aromatic nitrogens is 1. The molecule has 0 bridgehead atoms. The van der Waals surface area contributed by atoms with Crippen LogP contribution in [0.15, 0.2) is 18.3 Å². The maximum absolute atomic E-state index is 11.6. The number of hydrogen-bond acceptors (Lipinski definition) is 4. The molecule has 0 aromatic carbocycles. The molecule has 1 fully saturated rings. The van der Waals surface area contributed by atoms with Gasteiger partial charge in [0.25, 0.3) is 0 Å². The third-order valence-corrected chi connectivity index (χ3v) is 3.65. The highest BCUT2D eigenvalue weighted by molar-refractivity contribution is 5.98. The zero-order valence-electron chi connectivity index (χ0n) is 11.4. The maximum Gasteiger partial charge on any atom is 0.163 e. The fourth-order valence-electron chi connectivity index (χ4n) is 2.58. The standard InChI is InChI=1S/C14H21N3O/c1-11(18)13-7-4-8-15-14(13)17(3)12-6-5-9-16(2)10-12/h4,7-8,12H,5-6,9-10H2,1-3H3. The Morgan fingerprint density at radius 3 is 3.00 bits per heavy atom. The third-order valence-electron chi connectivity index (χ3n) is 3.65. The van der Waals surface area contributed by atoms with Gasteiger partial charge in [0, 0.05) is 25.8 Å². The number of carbonyl (C=O) groups excluding carboxylic acids is 1. The average molecular weight is 247 g/mol. The Bertz CT molecular complexity index is 433. The normalized spacial score (nSPS) is 20.7. The Kier molecular flexibility index (Phi) is 3.97. The zero-order valence-corrected chi connectivity index (χ0v) is 11.4. The molecule has 2 rings (SSSR count). The highest BCUT2D eigenvalue weighted by atomic mass is 16.1. The number of nitrogens with zero attached hydrogens (tertiary/aromatic N) is 3. The summed E-state index contributed by atoms with van der Waals surface area (Å²) in [5, 5.41) is 0. The van der Waals surface area contributed by atoms with Crippen molar-refractivity contribution >= 4 is 11.6 Å². The van der Waals surface area contributed by atoms with Gasteiger partial charge in [0.05, 0.1) is 5.56 Å². The fourth-order valence-corrected chi connectivity index (χ4v) is 2.58. The SMILES string of the molecule is CC(=O)c1cccnc1N(C)C1CCCN(C)C1. The Morgan fingerprint density at radius 2 is 2.33 bits per heavy atom. The van der Waals surface area contributed by atoms with Gasteiger partial charge in [-0.15, -0.1) is 0 Å². The van der Waals surface area contributed by atoms with Crippen LogP contribution in [0.5, 0.6) is 0 Å². The van der Waals surface area contributed by atoms with E-state index in [0.717, 1.165) is 25.3 Å². The van der Waals surface area contributed by atoms with E-state index < -0.39 is 0 Å². The summed E-state index contributed by atoms with van der Waals surface area (Å²) in [5.74, 6) is 0.888. The summed E-state index contributed by atoms with van der Waals surface area (Å²) >= 11 is 0. The molecule has 18 heavy (non-hydrogen) atoms. The first kappa shape index (κ1) is 13.0. The largest absolute Gasteiger partial charge is 0.355 e. The molecule has 1 atom stereocenters. The van der Waals surface area contributed by atoms with E-state index >= 15 is 0 Å². The lowest BCUT2D eigenvalue weighted by atomic mass is 10.0. The van der Waals surface area contributed by atoms with Crippen LogP contribution >= 0.6 is 0 Å². The van der Waals surface area contributed by atoms with Crippen LogP contribution in [0.25, 0.3) is 0 Å². The topological polar surface area (TPSA) is 36.4 Å². The predicted octanol–water partition coefficient (Wildman–Crippen LogP) is 1.81.